The number of methoxy groups -OCH3 is 1. The van der Waals surface area contributed by atoms with E-state index < -0.39 is 17.6 Å². The van der Waals surface area contributed by atoms with Gasteiger partial charge in [0.05, 0.1) is 12.7 Å². The predicted molar refractivity (Wildman–Crippen MR) is 95.6 cm³/mol. The van der Waals surface area contributed by atoms with Crippen LogP contribution in [-0.4, -0.2) is 49.0 Å². The van der Waals surface area contributed by atoms with Crippen molar-refractivity contribution in [2.24, 2.45) is 0 Å². The first-order chi connectivity index (χ1) is 13.3. The maximum absolute atomic E-state index is 13.8. The number of hydrogen-bond donors (Lipinski definition) is 0. The molecular weight excluding hydrogens is 376 g/mol. The summed E-state index contributed by atoms with van der Waals surface area (Å²) in [5.41, 5.74) is 0.264. The molecule has 1 aliphatic heterocycles. The Morgan fingerprint density at radius 3 is 2.21 bits per heavy atom. The number of alkyl halides is 3. The zero-order valence-corrected chi connectivity index (χ0v) is 15.3. The van der Waals surface area contributed by atoms with E-state index in [4.69, 9.17) is 4.74 Å². The average molecular weight is 396 g/mol. The second-order valence-corrected chi connectivity index (χ2v) is 6.61. The molecule has 2 aromatic carbocycles. The Bertz CT molecular complexity index is 829. The Hall–Kier alpha value is -2.61. The van der Waals surface area contributed by atoms with Gasteiger partial charge in [-0.05, 0) is 42.0 Å². The maximum Gasteiger partial charge on any atom is 0.416 e. The number of halogens is 4. The van der Waals surface area contributed by atoms with Crippen LogP contribution in [0.15, 0.2) is 42.5 Å². The zero-order chi connectivity index (χ0) is 20.3. The Labute approximate surface area is 160 Å². The number of piperazine rings is 1. The van der Waals surface area contributed by atoms with Gasteiger partial charge in [0.1, 0.15) is 0 Å². The predicted octanol–water partition coefficient (Wildman–Crippen LogP) is 3.81. The Kier molecular flexibility index (Phi) is 5.88. The van der Waals surface area contributed by atoms with Crippen LogP contribution in [0.1, 0.15) is 21.5 Å². The van der Waals surface area contributed by atoms with Gasteiger partial charge in [-0.25, -0.2) is 4.39 Å². The number of ether oxygens (including phenoxy) is 1. The molecule has 0 atom stereocenters. The first-order valence-corrected chi connectivity index (χ1v) is 8.79. The van der Waals surface area contributed by atoms with Crippen molar-refractivity contribution in [2.45, 2.75) is 12.7 Å². The van der Waals surface area contributed by atoms with Crippen molar-refractivity contribution in [2.75, 3.05) is 33.3 Å². The van der Waals surface area contributed by atoms with Gasteiger partial charge in [0.2, 0.25) is 0 Å². The van der Waals surface area contributed by atoms with Crippen molar-refractivity contribution in [1.82, 2.24) is 9.80 Å². The molecule has 0 unspecified atom stereocenters. The third kappa shape index (κ3) is 4.62. The summed E-state index contributed by atoms with van der Waals surface area (Å²) in [6.07, 6.45) is -4.42. The fourth-order valence-corrected chi connectivity index (χ4v) is 3.16. The van der Waals surface area contributed by atoms with Gasteiger partial charge in [-0.1, -0.05) is 6.07 Å². The molecule has 0 aliphatic carbocycles. The van der Waals surface area contributed by atoms with E-state index in [-0.39, 0.29) is 17.2 Å². The van der Waals surface area contributed by atoms with Crippen molar-refractivity contribution in [3.05, 3.63) is 65.0 Å². The molecule has 3 rings (SSSR count). The summed E-state index contributed by atoms with van der Waals surface area (Å²) < 4.78 is 56.6. The van der Waals surface area contributed by atoms with Crippen LogP contribution >= 0.6 is 0 Å². The van der Waals surface area contributed by atoms with E-state index >= 15 is 0 Å². The molecule has 1 saturated heterocycles. The number of carbonyl (C=O) groups is 1. The van der Waals surface area contributed by atoms with Gasteiger partial charge in [0, 0.05) is 38.3 Å². The van der Waals surface area contributed by atoms with E-state index in [0.29, 0.717) is 32.7 Å². The van der Waals surface area contributed by atoms with E-state index in [0.717, 1.165) is 17.7 Å². The molecule has 28 heavy (non-hydrogen) atoms. The van der Waals surface area contributed by atoms with Crippen LogP contribution in [-0.2, 0) is 12.7 Å². The van der Waals surface area contributed by atoms with Gasteiger partial charge in [0.25, 0.3) is 5.91 Å². The van der Waals surface area contributed by atoms with Gasteiger partial charge < -0.3 is 9.64 Å². The maximum atomic E-state index is 13.8. The molecule has 0 saturated carbocycles. The molecule has 0 aromatic heterocycles. The Morgan fingerprint density at radius 1 is 1.04 bits per heavy atom. The number of hydrogen-bond acceptors (Lipinski definition) is 3. The highest BCUT2D eigenvalue weighted by atomic mass is 19.4. The zero-order valence-electron chi connectivity index (χ0n) is 15.3. The molecule has 0 bridgehead atoms. The minimum atomic E-state index is -4.42. The molecule has 8 heteroatoms. The van der Waals surface area contributed by atoms with E-state index in [1.807, 2.05) is 0 Å². The SMILES string of the molecule is COc1ccc(CN2CCN(C(=O)c3ccc(C(F)(F)F)cc3)CC2)cc1F. The Balaban J connectivity index is 1.56. The van der Waals surface area contributed by atoms with Crippen LogP contribution in [0.4, 0.5) is 17.6 Å². The van der Waals surface area contributed by atoms with E-state index in [2.05, 4.69) is 4.90 Å². The molecule has 0 N–H and O–H groups in total. The van der Waals surface area contributed by atoms with Crippen LogP contribution in [0, 0.1) is 5.82 Å². The van der Waals surface area contributed by atoms with Gasteiger partial charge in [-0.2, -0.15) is 13.2 Å². The van der Waals surface area contributed by atoms with Gasteiger partial charge >= 0.3 is 6.18 Å². The van der Waals surface area contributed by atoms with Gasteiger partial charge in [-0.15, -0.1) is 0 Å². The lowest BCUT2D eigenvalue weighted by atomic mass is 10.1. The first-order valence-electron chi connectivity index (χ1n) is 8.79. The van der Waals surface area contributed by atoms with Crippen LogP contribution in [0.25, 0.3) is 0 Å². The van der Waals surface area contributed by atoms with Gasteiger partial charge in [-0.3, -0.25) is 9.69 Å². The first kappa shape index (κ1) is 20.1. The molecule has 1 fully saturated rings. The van der Waals surface area contributed by atoms with Gasteiger partial charge in [0.15, 0.2) is 11.6 Å². The highest BCUT2D eigenvalue weighted by molar-refractivity contribution is 5.94. The lowest BCUT2D eigenvalue weighted by Crippen LogP contribution is -2.48. The number of amides is 1. The van der Waals surface area contributed by atoms with Crippen molar-refractivity contribution >= 4 is 5.91 Å². The van der Waals surface area contributed by atoms with Crippen LogP contribution in [0.3, 0.4) is 0 Å². The van der Waals surface area contributed by atoms with Crippen LogP contribution in [0.2, 0.25) is 0 Å². The molecule has 1 heterocycles. The molecule has 0 spiro atoms. The molecule has 0 radical (unpaired) electrons. The third-order valence-electron chi connectivity index (χ3n) is 4.74. The van der Waals surface area contributed by atoms with Crippen molar-refractivity contribution in [3.8, 4) is 5.75 Å². The lowest BCUT2D eigenvalue weighted by molar-refractivity contribution is -0.137. The third-order valence-corrected chi connectivity index (χ3v) is 4.74. The second kappa shape index (κ2) is 8.18. The standard InChI is InChI=1S/C20H20F4N2O2/c1-28-18-7-2-14(12-17(18)21)13-25-8-10-26(11-9-25)19(27)15-3-5-16(6-4-15)20(22,23)24/h2-7,12H,8-11,13H2,1H3. The molecule has 150 valence electrons. The van der Waals surface area contributed by atoms with Crippen LogP contribution < -0.4 is 4.74 Å². The average Bonchev–Trinajstić information content (AvgIpc) is 2.68. The molecule has 1 aliphatic rings. The second-order valence-electron chi connectivity index (χ2n) is 6.61. The minimum Gasteiger partial charge on any atom is -0.494 e. The summed E-state index contributed by atoms with van der Waals surface area (Å²) in [6.45, 7) is 2.65. The summed E-state index contributed by atoms with van der Waals surface area (Å²) in [6, 6.07) is 9.05. The van der Waals surface area contributed by atoms with Crippen molar-refractivity contribution in [3.63, 3.8) is 0 Å². The van der Waals surface area contributed by atoms with E-state index in [9.17, 15) is 22.4 Å². The van der Waals surface area contributed by atoms with Crippen molar-refractivity contribution < 1.29 is 27.1 Å². The fraction of sp³-hybridized carbons (Fsp3) is 0.350. The molecule has 4 nitrogen and oxygen atoms in total. The van der Waals surface area contributed by atoms with E-state index in [1.54, 1.807) is 17.0 Å². The summed E-state index contributed by atoms with van der Waals surface area (Å²) in [7, 11) is 1.41. The molecule has 1 amide bonds. The normalized spacial score (nSPS) is 15.5. The number of nitrogens with zero attached hydrogens (tertiary/aromatic N) is 2. The lowest BCUT2D eigenvalue weighted by Gasteiger charge is -2.34. The number of rotatable bonds is 4. The summed E-state index contributed by atoms with van der Waals surface area (Å²) in [5, 5.41) is 0. The van der Waals surface area contributed by atoms with Crippen molar-refractivity contribution in [1.29, 1.82) is 0 Å². The molecular formula is C20H20F4N2O2. The topological polar surface area (TPSA) is 32.8 Å². The number of carbonyl (C=O) groups excluding carboxylic acids is 1. The molecule has 2 aromatic rings. The summed E-state index contributed by atoms with van der Waals surface area (Å²) in [5.74, 6) is -0.518. The summed E-state index contributed by atoms with van der Waals surface area (Å²) in [4.78, 5) is 16.2. The summed E-state index contributed by atoms with van der Waals surface area (Å²) >= 11 is 0. The smallest absolute Gasteiger partial charge is 0.416 e. The monoisotopic (exact) mass is 396 g/mol. The highest BCUT2D eigenvalue weighted by Crippen LogP contribution is 2.29. The largest absolute Gasteiger partial charge is 0.494 e. The Morgan fingerprint density at radius 2 is 1.68 bits per heavy atom. The highest BCUT2D eigenvalue weighted by Gasteiger charge is 2.30. The van der Waals surface area contributed by atoms with E-state index in [1.165, 1.54) is 25.3 Å². The minimum absolute atomic E-state index is 0.190. The number of benzene rings is 2. The van der Waals surface area contributed by atoms with Crippen LogP contribution in [0.5, 0.6) is 5.75 Å². The fourth-order valence-electron chi connectivity index (χ4n) is 3.16. The quantitative estimate of drug-likeness (QED) is 0.737.